The van der Waals surface area contributed by atoms with Crippen LogP contribution in [0.15, 0.2) is 23.5 Å². The Morgan fingerprint density at radius 3 is 1.70 bits per heavy atom. The van der Waals surface area contributed by atoms with E-state index in [1.807, 2.05) is 0 Å². The van der Waals surface area contributed by atoms with Gasteiger partial charge in [0, 0.05) is 13.1 Å². The van der Waals surface area contributed by atoms with E-state index in [4.69, 9.17) is 0 Å². The molecular formula is C8H12N2. The maximum absolute atomic E-state index is 3.33. The van der Waals surface area contributed by atoms with Crippen molar-refractivity contribution >= 4 is 0 Å². The molecule has 0 unspecified atom stereocenters. The Morgan fingerprint density at radius 2 is 1.40 bits per heavy atom. The largest absolute Gasteiger partial charge is 0.383 e. The Morgan fingerprint density at radius 1 is 0.900 bits per heavy atom. The van der Waals surface area contributed by atoms with Crippen LogP contribution in [-0.4, -0.2) is 13.1 Å². The molecule has 2 heterocycles. The maximum atomic E-state index is 3.33. The topological polar surface area (TPSA) is 24.1 Å². The zero-order valence-electron chi connectivity index (χ0n) is 5.98. The van der Waals surface area contributed by atoms with Gasteiger partial charge >= 0.3 is 0 Å². The molecule has 54 valence electrons. The van der Waals surface area contributed by atoms with Gasteiger partial charge < -0.3 is 10.6 Å². The first-order valence-electron chi connectivity index (χ1n) is 3.85. The van der Waals surface area contributed by atoms with Crippen LogP contribution in [0.5, 0.6) is 0 Å². The van der Waals surface area contributed by atoms with E-state index in [0.717, 1.165) is 13.1 Å². The maximum Gasteiger partial charge on any atom is 0.0532 e. The second-order valence-electron chi connectivity index (χ2n) is 2.67. The van der Waals surface area contributed by atoms with E-state index in [0.29, 0.717) is 0 Å². The van der Waals surface area contributed by atoms with Crippen molar-refractivity contribution in [1.82, 2.24) is 10.6 Å². The van der Waals surface area contributed by atoms with Gasteiger partial charge in [-0.15, -0.1) is 0 Å². The lowest BCUT2D eigenvalue weighted by Crippen LogP contribution is -2.17. The van der Waals surface area contributed by atoms with Gasteiger partial charge in [0.2, 0.25) is 0 Å². The van der Waals surface area contributed by atoms with E-state index in [1.54, 1.807) is 0 Å². The first kappa shape index (κ1) is 5.83. The van der Waals surface area contributed by atoms with Gasteiger partial charge in [-0.2, -0.15) is 0 Å². The molecule has 2 aliphatic heterocycles. The predicted molar refractivity (Wildman–Crippen MR) is 41.4 cm³/mol. The molecule has 0 fully saturated rings. The van der Waals surface area contributed by atoms with Crippen molar-refractivity contribution in [2.45, 2.75) is 12.8 Å². The van der Waals surface area contributed by atoms with E-state index in [-0.39, 0.29) is 0 Å². The summed E-state index contributed by atoms with van der Waals surface area (Å²) in [6.45, 7) is 2.21. The molecule has 2 rings (SSSR count). The van der Waals surface area contributed by atoms with Crippen LogP contribution < -0.4 is 10.6 Å². The van der Waals surface area contributed by atoms with Gasteiger partial charge in [-0.3, -0.25) is 0 Å². The standard InChI is InChI=1S/C8H12N2/c1-3-7(9-5-1)8-4-2-6-10-8/h3-4,9-10H,1-2,5-6H2. The minimum Gasteiger partial charge on any atom is -0.383 e. The van der Waals surface area contributed by atoms with E-state index in [1.165, 1.54) is 24.2 Å². The Labute approximate surface area is 61.0 Å². The Kier molecular flexibility index (Phi) is 1.38. The van der Waals surface area contributed by atoms with Crippen LogP contribution in [0.25, 0.3) is 0 Å². The molecule has 0 aliphatic carbocycles. The van der Waals surface area contributed by atoms with Crippen molar-refractivity contribution < 1.29 is 0 Å². The number of nitrogens with one attached hydrogen (secondary N) is 2. The normalized spacial score (nSPS) is 23.2. The lowest BCUT2D eigenvalue weighted by Gasteiger charge is -2.05. The smallest absolute Gasteiger partial charge is 0.0532 e. The van der Waals surface area contributed by atoms with Gasteiger partial charge in [-0.05, 0) is 12.8 Å². The summed E-state index contributed by atoms with van der Waals surface area (Å²) in [5.41, 5.74) is 2.61. The van der Waals surface area contributed by atoms with Gasteiger partial charge in [0.05, 0.1) is 11.4 Å². The van der Waals surface area contributed by atoms with Crippen molar-refractivity contribution in [3.63, 3.8) is 0 Å². The van der Waals surface area contributed by atoms with Crippen molar-refractivity contribution in [3.05, 3.63) is 23.5 Å². The molecule has 0 aromatic rings. The molecule has 0 radical (unpaired) electrons. The van der Waals surface area contributed by atoms with Crippen LogP contribution in [0.4, 0.5) is 0 Å². The van der Waals surface area contributed by atoms with Crippen LogP contribution in [0.2, 0.25) is 0 Å². The van der Waals surface area contributed by atoms with Gasteiger partial charge in [0.15, 0.2) is 0 Å². The average molecular weight is 136 g/mol. The van der Waals surface area contributed by atoms with Crippen molar-refractivity contribution in [3.8, 4) is 0 Å². The van der Waals surface area contributed by atoms with E-state index in [2.05, 4.69) is 22.8 Å². The molecule has 2 N–H and O–H groups in total. The third-order valence-corrected chi connectivity index (χ3v) is 1.91. The third-order valence-electron chi connectivity index (χ3n) is 1.91. The van der Waals surface area contributed by atoms with E-state index < -0.39 is 0 Å². The van der Waals surface area contributed by atoms with Gasteiger partial charge in [-0.1, -0.05) is 12.2 Å². The minimum atomic E-state index is 1.11. The van der Waals surface area contributed by atoms with Crippen LogP contribution in [0, 0.1) is 0 Å². The first-order valence-corrected chi connectivity index (χ1v) is 3.85. The highest BCUT2D eigenvalue weighted by molar-refractivity contribution is 5.32. The SMILES string of the molecule is C1=C(C2=CCCN2)NCC1. The van der Waals surface area contributed by atoms with Crippen molar-refractivity contribution in [2.24, 2.45) is 0 Å². The highest BCUT2D eigenvalue weighted by atomic mass is 15.0. The summed E-state index contributed by atoms with van der Waals surface area (Å²) < 4.78 is 0. The molecule has 2 heteroatoms. The number of rotatable bonds is 1. The molecule has 10 heavy (non-hydrogen) atoms. The molecule has 2 nitrogen and oxygen atoms in total. The van der Waals surface area contributed by atoms with Crippen LogP contribution in [0.1, 0.15) is 12.8 Å². The highest BCUT2D eigenvalue weighted by Gasteiger charge is 2.10. The van der Waals surface area contributed by atoms with E-state index in [9.17, 15) is 0 Å². The fraction of sp³-hybridized carbons (Fsp3) is 0.500. The summed E-state index contributed by atoms with van der Waals surface area (Å²) in [4.78, 5) is 0. The number of hydrogen-bond acceptors (Lipinski definition) is 2. The van der Waals surface area contributed by atoms with Crippen molar-refractivity contribution in [2.75, 3.05) is 13.1 Å². The Hall–Kier alpha value is -0.920. The minimum absolute atomic E-state index is 1.11. The summed E-state index contributed by atoms with van der Waals surface area (Å²) in [5, 5.41) is 6.66. The van der Waals surface area contributed by atoms with Gasteiger partial charge in [0.1, 0.15) is 0 Å². The van der Waals surface area contributed by atoms with Gasteiger partial charge in [-0.25, -0.2) is 0 Å². The second-order valence-corrected chi connectivity index (χ2v) is 2.67. The summed E-state index contributed by atoms with van der Waals surface area (Å²) in [6, 6.07) is 0. The fourth-order valence-corrected chi connectivity index (χ4v) is 1.40. The first-order chi connectivity index (χ1) is 4.97. The summed E-state index contributed by atoms with van der Waals surface area (Å²) in [6.07, 6.45) is 6.86. The Bertz CT molecular complexity index is 169. The lowest BCUT2D eigenvalue weighted by molar-refractivity contribution is 0.828. The molecular weight excluding hydrogens is 124 g/mol. The molecule has 0 bridgehead atoms. The molecule has 0 spiro atoms. The molecule has 0 aromatic carbocycles. The molecule has 0 saturated heterocycles. The summed E-state index contributed by atoms with van der Waals surface area (Å²) in [5.74, 6) is 0. The molecule has 2 aliphatic rings. The zero-order valence-corrected chi connectivity index (χ0v) is 5.98. The number of hydrogen-bond donors (Lipinski definition) is 2. The summed E-state index contributed by atoms with van der Waals surface area (Å²) >= 11 is 0. The highest BCUT2D eigenvalue weighted by Crippen LogP contribution is 2.13. The molecule has 0 atom stereocenters. The van der Waals surface area contributed by atoms with E-state index >= 15 is 0 Å². The predicted octanol–water partition coefficient (Wildman–Crippen LogP) is 0.741. The van der Waals surface area contributed by atoms with Crippen LogP contribution in [0.3, 0.4) is 0 Å². The molecule has 0 amide bonds. The van der Waals surface area contributed by atoms with Crippen LogP contribution in [-0.2, 0) is 0 Å². The quantitative estimate of drug-likeness (QED) is 0.555. The van der Waals surface area contributed by atoms with Crippen molar-refractivity contribution in [1.29, 1.82) is 0 Å². The third kappa shape index (κ3) is 0.897. The molecule has 0 aromatic heterocycles. The fourth-order valence-electron chi connectivity index (χ4n) is 1.40. The monoisotopic (exact) mass is 136 g/mol. The Balaban J connectivity index is 2.10. The van der Waals surface area contributed by atoms with Gasteiger partial charge in [0.25, 0.3) is 0 Å². The average Bonchev–Trinajstić information content (AvgIpc) is 2.59. The van der Waals surface area contributed by atoms with Crippen LogP contribution >= 0.6 is 0 Å². The zero-order chi connectivity index (χ0) is 6.81. The summed E-state index contributed by atoms with van der Waals surface area (Å²) in [7, 11) is 0. The lowest BCUT2D eigenvalue weighted by atomic mass is 10.3. The second kappa shape index (κ2) is 2.37. The molecule has 0 saturated carbocycles.